The van der Waals surface area contributed by atoms with E-state index in [1.165, 1.54) is 44.9 Å². The number of unbranched alkanes of at least 4 members (excludes halogenated alkanes) is 11. The first-order chi connectivity index (χ1) is 20.3. The minimum absolute atomic E-state index is 0.0703. The Morgan fingerprint density at radius 2 is 0.833 bits per heavy atom. The standard InChI is InChI=1S/C34H57O5P3/c1-4-7-10-11-12-13-14-15-16-23-30-40(35,31-41(36,38-28-8-5-2)33-24-19-17-20-25-33)32-42(37,39-29-9-6-3)34-26-21-18-22-27-34/h17-22,24-27H,4-16,23,28-32H2,1-3H3. The molecule has 0 heterocycles. The van der Waals surface area contributed by atoms with E-state index in [9.17, 15) is 13.7 Å². The first-order valence-electron chi connectivity index (χ1n) is 16.5. The third-order valence-electron chi connectivity index (χ3n) is 7.70. The van der Waals surface area contributed by atoms with Gasteiger partial charge in [0.15, 0.2) is 0 Å². The second-order valence-electron chi connectivity index (χ2n) is 11.6. The molecule has 0 aliphatic carbocycles. The van der Waals surface area contributed by atoms with Crippen LogP contribution >= 0.6 is 21.9 Å². The van der Waals surface area contributed by atoms with Gasteiger partial charge >= 0.3 is 0 Å². The summed E-state index contributed by atoms with van der Waals surface area (Å²) in [5.74, 6) is -0.141. The third-order valence-corrected chi connectivity index (χ3v) is 19.3. The van der Waals surface area contributed by atoms with E-state index in [-0.39, 0.29) is 11.8 Å². The average molecular weight is 639 g/mol. The maximum atomic E-state index is 15.0. The van der Waals surface area contributed by atoms with E-state index in [0.29, 0.717) is 30.0 Å². The quantitative estimate of drug-likeness (QED) is 0.0799. The highest BCUT2D eigenvalue weighted by Crippen LogP contribution is 2.68. The maximum Gasteiger partial charge on any atom is 0.239 e. The highest BCUT2D eigenvalue weighted by Gasteiger charge is 2.42. The van der Waals surface area contributed by atoms with Gasteiger partial charge in [-0.25, -0.2) is 0 Å². The Hall–Kier alpha value is -0.950. The van der Waals surface area contributed by atoms with Gasteiger partial charge in [0.05, 0.1) is 25.0 Å². The lowest BCUT2D eigenvalue weighted by Crippen LogP contribution is -2.17. The van der Waals surface area contributed by atoms with Crippen LogP contribution in [0.5, 0.6) is 0 Å². The summed E-state index contributed by atoms with van der Waals surface area (Å²) in [6, 6.07) is 18.4. The lowest BCUT2D eigenvalue weighted by molar-refractivity contribution is 0.314. The van der Waals surface area contributed by atoms with E-state index >= 15 is 0 Å². The number of benzene rings is 2. The Labute approximate surface area is 257 Å². The summed E-state index contributed by atoms with van der Waals surface area (Å²) in [5, 5.41) is 1.18. The van der Waals surface area contributed by atoms with Crippen molar-refractivity contribution in [3.05, 3.63) is 60.7 Å². The molecule has 0 bridgehead atoms. The van der Waals surface area contributed by atoms with Crippen molar-refractivity contribution in [2.45, 2.75) is 111 Å². The fourth-order valence-electron chi connectivity index (χ4n) is 5.17. The molecule has 2 unspecified atom stereocenters. The summed E-state index contributed by atoms with van der Waals surface area (Å²) in [4.78, 5) is 0. The van der Waals surface area contributed by atoms with Crippen LogP contribution in [0.3, 0.4) is 0 Å². The topological polar surface area (TPSA) is 69.7 Å². The van der Waals surface area contributed by atoms with Gasteiger partial charge < -0.3 is 13.6 Å². The first-order valence-corrected chi connectivity index (χ1v) is 22.3. The van der Waals surface area contributed by atoms with Gasteiger partial charge in [0.2, 0.25) is 14.7 Å². The summed E-state index contributed by atoms with van der Waals surface area (Å²) in [7, 11) is -10.1. The lowest BCUT2D eigenvalue weighted by atomic mass is 10.1. The summed E-state index contributed by atoms with van der Waals surface area (Å²) < 4.78 is 56.3. The van der Waals surface area contributed by atoms with Crippen LogP contribution in [0.2, 0.25) is 0 Å². The van der Waals surface area contributed by atoms with E-state index < -0.39 is 21.9 Å². The Morgan fingerprint density at radius 1 is 0.476 bits per heavy atom. The molecule has 0 fully saturated rings. The molecule has 0 aliphatic rings. The van der Waals surface area contributed by atoms with Crippen LogP contribution in [-0.4, -0.2) is 31.2 Å². The van der Waals surface area contributed by atoms with Gasteiger partial charge in [0.25, 0.3) is 0 Å². The zero-order valence-electron chi connectivity index (χ0n) is 26.6. The van der Waals surface area contributed by atoms with E-state index in [1.54, 1.807) is 0 Å². The number of rotatable bonds is 25. The predicted octanol–water partition coefficient (Wildman–Crippen LogP) is 11.0. The largest absolute Gasteiger partial charge is 0.325 e. The SMILES string of the molecule is CCCCCCCCCCCCP(=O)(CP(=O)(OCCCC)c1ccccc1)CP(=O)(OCCCC)c1ccccc1. The van der Waals surface area contributed by atoms with Crippen molar-refractivity contribution in [3.63, 3.8) is 0 Å². The second-order valence-corrected chi connectivity index (χ2v) is 20.7. The first kappa shape index (κ1) is 37.2. The van der Waals surface area contributed by atoms with Gasteiger partial charge in [-0.05, 0) is 43.5 Å². The molecular formula is C34H57O5P3. The zero-order chi connectivity index (χ0) is 30.6. The normalized spacial score (nSPS) is 16.0. The van der Waals surface area contributed by atoms with Gasteiger partial charge in [-0.3, -0.25) is 9.13 Å². The van der Waals surface area contributed by atoms with Gasteiger partial charge in [0.1, 0.15) is 7.14 Å². The minimum Gasteiger partial charge on any atom is -0.325 e. The van der Waals surface area contributed by atoms with Crippen LogP contribution < -0.4 is 10.6 Å². The van der Waals surface area contributed by atoms with E-state index in [1.807, 2.05) is 60.7 Å². The van der Waals surface area contributed by atoms with Crippen LogP contribution in [0.1, 0.15) is 111 Å². The summed E-state index contributed by atoms with van der Waals surface area (Å²) in [6.45, 7) is 7.08. The molecule has 0 amide bonds. The molecule has 238 valence electrons. The second kappa shape index (κ2) is 20.9. The molecule has 0 spiro atoms. The van der Waals surface area contributed by atoms with Gasteiger partial charge in [-0.2, -0.15) is 0 Å². The van der Waals surface area contributed by atoms with Crippen molar-refractivity contribution in [2.75, 3.05) is 31.2 Å². The molecule has 0 saturated carbocycles. The molecule has 0 aliphatic heterocycles. The Morgan fingerprint density at radius 3 is 1.21 bits per heavy atom. The molecule has 0 saturated heterocycles. The van der Waals surface area contributed by atoms with Gasteiger partial charge in [-0.15, -0.1) is 0 Å². The number of hydrogen-bond acceptors (Lipinski definition) is 5. The third kappa shape index (κ3) is 13.8. The van der Waals surface area contributed by atoms with Crippen LogP contribution in [-0.2, 0) is 22.7 Å². The Kier molecular flexibility index (Phi) is 18.5. The monoisotopic (exact) mass is 638 g/mol. The fourth-order valence-corrected chi connectivity index (χ4v) is 18.1. The average Bonchev–Trinajstić information content (AvgIpc) is 2.99. The van der Waals surface area contributed by atoms with E-state index in [4.69, 9.17) is 9.05 Å². The molecule has 8 heteroatoms. The molecule has 0 radical (unpaired) electrons. The maximum absolute atomic E-state index is 15.0. The lowest BCUT2D eigenvalue weighted by Gasteiger charge is -2.29. The van der Waals surface area contributed by atoms with Gasteiger partial charge in [-0.1, -0.05) is 128 Å². The zero-order valence-corrected chi connectivity index (χ0v) is 29.3. The van der Waals surface area contributed by atoms with Crippen molar-refractivity contribution in [1.29, 1.82) is 0 Å². The molecule has 5 nitrogen and oxygen atoms in total. The van der Waals surface area contributed by atoms with Crippen LogP contribution in [0, 0.1) is 0 Å². The minimum atomic E-state index is -3.45. The van der Waals surface area contributed by atoms with Crippen LogP contribution in [0.15, 0.2) is 60.7 Å². The predicted molar refractivity (Wildman–Crippen MR) is 183 cm³/mol. The molecule has 2 rings (SSSR count). The summed E-state index contributed by atoms with van der Waals surface area (Å²) in [6.07, 6.45) is 15.6. The van der Waals surface area contributed by atoms with Crippen molar-refractivity contribution >= 4 is 32.5 Å². The fraction of sp³-hybridized carbons (Fsp3) is 0.647. The van der Waals surface area contributed by atoms with Crippen molar-refractivity contribution in [3.8, 4) is 0 Å². The summed E-state index contributed by atoms with van der Waals surface area (Å²) >= 11 is 0. The van der Waals surface area contributed by atoms with E-state index in [2.05, 4.69) is 20.8 Å². The van der Waals surface area contributed by atoms with Crippen LogP contribution in [0.4, 0.5) is 0 Å². The highest BCUT2D eigenvalue weighted by molar-refractivity contribution is 7.88. The molecule has 42 heavy (non-hydrogen) atoms. The van der Waals surface area contributed by atoms with E-state index in [0.717, 1.165) is 44.9 Å². The molecule has 0 aromatic heterocycles. The molecular weight excluding hydrogens is 581 g/mol. The number of hydrogen-bond donors (Lipinski definition) is 0. The molecule has 0 N–H and O–H groups in total. The van der Waals surface area contributed by atoms with Gasteiger partial charge in [0, 0.05) is 16.8 Å². The smallest absolute Gasteiger partial charge is 0.239 e. The highest BCUT2D eigenvalue weighted by atomic mass is 31.2. The van der Waals surface area contributed by atoms with Crippen molar-refractivity contribution in [1.82, 2.24) is 0 Å². The summed E-state index contributed by atoms with van der Waals surface area (Å²) in [5.41, 5.74) is 0. The Bertz CT molecular complexity index is 1030. The van der Waals surface area contributed by atoms with Crippen molar-refractivity contribution in [2.24, 2.45) is 0 Å². The molecule has 2 atom stereocenters. The Balaban J connectivity index is 2.26. The molecule has 2 aromatic carbocycles. The molecule has 2 aromatic rings. The van der Waals surface area contributed by atoms with Crippen LogP contribution in [0.25, 0.3) is 0 Å². The van der Waals surface area contributed by atoms with Crippen molar-refractivity contribution < 1.29 is 22.7 Å².